The van der Waals surface area contributed by atoms with Crippen LogP contribution in [0.3, 0.4) is 0 Å². The van der Waals surface area contributed by atoms with Crippen molar-refractivity contribution < 1.29 is 24.5 Å². The molecule has 0 atom stereocenters. The summed E-state index contributed by atoms with van der Waals surface area (Å²) in [6.07, 6.45) is 0. The van der Waals surface area contributed by atoms with Gasteiger partial charge in [0.1, 0.15) is 22.1 Å². The number of phenols is 2. The van der Waals surface area contributed by atoms with Crippen molar-refractivity contribution in [3.05, 3.63) is 52.3 Å². The third-order valence-electron chi connectivity index (χ3n) is 3.88. The number of nitrogens with one attached hydrogen (secondary N) is 1. The molecule has 0 radical (unpaired) electrons. The summed E-state index contributed by atoms with van der Waals surface area (Å²) >= 11 is 1.38. The topological polar surface area (TPSA) is 101 Å². The number of aromatic hydroxyl groups is 2. The van der Waals surface area contributed by atoms with Gasteiger partial charge in [0.25, 0.3) is 5.91 Å². The van der Waals surface area contributed by atoms with E-state index in [0.717, 1.165) is 0 Å². The van der Waals surface area contributed by atoms with Crippen LogP contribution in [-0.2, 0) is 6.54 Å². The van der Waals surface area contributed by atoms with Gasteiger partial charge in [0.2, 0.25) is 0 Å². The zero-order chi connectivity index (χ0) is 19.4. The van der Waals surface area contributed by atoms with Crippen LogP contribution in [0.15, 0.2) is 41.8 Å². The highest BCUT2D eigenvalue weighted by atomic mass is 32.1. The normalized spacial score (nSPS) is 10.4. The zero-order valence-corrected chi connectivity index (χ0v) is 15.5. The van der Waals surface area contributed by atoms with Crippen molar-refractivity contribution in [3.8, 4) is 34.3 Å². The van der Waals surface area contributed by atoms with Crippen LogP contribution in [0.4, 0.5) is 0 Å². The smallest absolute Gasteiger partial charge is 0.259 e. The molecule has 3 N–H and O–H groups in total. The Hall–Kier alpha value is -3.26. The largest absolute Gasteiger partial charge is 0.504 e. The van der Waals surface area contributed by atoms with Crippen molar-refractivity contribution >= 4 is 17.2 Å². The molecule has 0 unspecified atom stereocenters. The first kappa shape index (κ1) is 18.5. The van der Waals surface area contributed by atoms with Crippen molar-refractivity contribution in [2.45, 2.75) is 6.54 Å². The monoisotopic (exact) mass is 386 g/mol. The van der Waals surface area contributed by atoms with E-state index in [1.165, 1.54) is 37.7 Å². The number of nitrogens with zero attached hydrogens (tertiary/aromatic N) is 1. The van der Waals surface area contributed by atoms with E-state index in [2.05, 4.69) is 10.3 Å². The van der Waals surface area contributed by atoms with Gasteiger partial charge in [-0.05, 0) is 30.3 Å². The van der Waals surface area contributed by atoms with Gasteiger partial charge in [-0.2, -0.15) is 0 Å². The molecule has 0 aliphatic rings. The summed E-state index contributed by atoms with van der Waals surface area (Å²) in [7, 11) is 2.98. The number of ether oxygens (including phenoxy) is 2. The molecule has 1 heterocycles. The van der Waals surface area contributed by atoms with Gasteiger partial charge in [0.05, 0.1) is 26.5 Å². The molecule has 140 valence electrons. The number of phenolic OH excluding ortho intramolecular Hbond substituents is 2. The van der Waals surface area contributed by atoms with E-state index in [-0.39, 0.29) is 24.0 Å². The van der Waals surface area contributed by atoms with Crippen molar-refractivity contribution in [3.63, 3.8) is 0 Å². The number of carbonyl (C=O) groups is 1. The third kappa shape index (κ3) is 3.95. The first-order valence-corrected chi connectivity index (χ1v) is 8.87. The Labute approximate surface area is 159 Å². The van der Waals surface area contributed by atoms with Gasteiger partial charge in [-0.25, -0.2) is 4.98 Å². The predicted molar refractivity (Wildman–Crippen MR) is 102 cm³/mol. The number of amides is 1. The Bertz CT molecular complexity index is 948. The number of hydrogen-bond donors (Lipinski definition) is 3. The van der Waals surface area contributed by atoms with E-state index >= 15 is 0 Å². The minimum absolute atomic E-state index is 0.188. The second-order valence-corrected chi connectivity index (χ2v) is 6.49. The summed E-state index contributed by atoms with van der Waals surface area (Å²) in [5.41, 5.74) is 1.64. The van der Waals surface area contributed by atoms with Gasteiger partial charge >= 0.3 is 0 Å². The molecule has 0 aliphatic carbocycles. The van der Waals surface area contributed by atoms with Gasteiger partial charge in [-0.15, -0.1) is 11.3 Å². The minimum atomic E-state index is -0.330. The summed E-state index contributed by atoms with van der Waals surface area (Å²) in [5, 5.41) is 24.3. The summed E-state index contributed by atoms with van der Waals surface area (Å²) in [4.78, 5) is 17.0. The summed E-state index contributed by atoms with van der Waals surface area (Å²) < 4.78 is 10.5. The lowest BCUT2D eigenvalue weighted by atomic mass is 10.1. The molecule has 2 aromatic carbocycles. The molecular formula is C19H18N2O5S. The van der Waals surface area contributed by atoms with E-state index in [9.17, 15) is 15.0 Å². The average molecular weight is 386 g/mol. The van der Waals surface area contributed by atoms with Crippen molar-refractivity contribution in [1.29, 1.82) is 0 Å². The lowest BCUT2D eigenvalue weighted by Crippen LogP contribution is -2.24. The number of thiazole rings is 1. The second kappa shape index (κ2) is 7.96. The number of aromatic nitrogens is 1. The van der Waals surface area contributed by atoms with E-state index in [4.69, 9.17) is 9.47 Å². The van der Waals surface area contributed by atoms with E-state index in [1.807, 2.05) is 5.38 Å². The highest BCUT2D eigenvalue weighted by molar-refractivity contribution is 7.09. The Balaban J connectivity index is 1.74. The molecule has 1 amide bonds. The van der Waals surface area contributed by atoms with Crippen LogP contribution >= 0.6 is 11.3 Å². The Morgan fingerprint density at radius 2 is 1.81 bits per heavy atom. The van der Waals surface area contributed by atoms with Crippen LogP contribution in [-0.4, -0.2) is 35.3 Å². The fourth-order valence-corrected chi connectivity index (χ4v) is 3.27. The molecule has 3 rings (SSSR count). The SMILES string of the molecule is COc1cccc(OC)c1C(=O)NCc1nc(-c2ccc(O)c(O)c2)cs1. The quantitative estimate of drug-likeness (QED) is 0.563. The molecule has 1 aromatic heterocycles. The Morgan fingerprint density at radius 1 is 1.11 bits per heavy atom. The van der Waals surface area contributed by atoms with Gasteiger partial charge in [0, 0.05) is 10.9 Å². The molecule has 0 saturated carbocycles. The molecule has 0 bridgehead atoms. The number of rotatable bonds is 6. The van der Waals surface area contributed by atoms with Crippen LogP contribution < -0.4 is 14.8 Å². The third-order valence-corrected chi connectivity index (χ3v) is 4.73. The van der Waals surface area contributed by atoms with Crippen LogP contribution in [0.1, 0.15) is 15.4 Å². The fraction of sp³-hybridized carbons (Fsp3) is 0.158. The summed E-state index contributed by atoms with van der Waals surface area (Å²) in [5.74, 6) is 0.117. The summed E-state index contributed by atoms with van der Waals surface area (Å²) in [6, 6.07) is 9.62. The molecule has 8 heteroatoms. The number of carbonyl (C=O) groups excluding carboxylic acids is 1. The van der Waals surface area contributed by atoms with Crippen molar-refractivity contribution in [2.24, 2.45) is 0 Å². The maximum Gasteiger partial charge on any atom is 0.259 e. The molecule has 0 fully saturated rings. The number of methoxy groups -OCH3 is 2. The zero-order valence-electron chi connectivity index (χ0n) is 14.7. The molecule has 0 saturated heterocycles. The van der Waals surface area contributed by atoms with Gasteiger partial charge in [0.15, 0.2) is 11.5 Å². The minimum Gasteiger partial charge on any atom is -0.504 e. The Morgan fingerprint density at radius 3 is 2.44 bits per heavy atom. The van der Waals surface area contributed by atoms with Crippen molar-refractivity contribution in [1.82, 2.24) is 10.3 Å². The molecule has 7 nitrogen and oxygen atoms in total. The Kier molecular flexibility index (Phi) is 5.46. The standard InChI is InChI=1S/C19H18N2O5S/c1-25-15-4-3-5-16(26-2)18(15)19(24)20-9-17-21-12(10-27-17)11-6-7-13(22)14(23)8-11/h3-8,10,22-23H,9H2,1-2H3,(H,20,24). The molecule has 3 aromatic rings. The highest BCUT2D eigenvalue weighted by Crippen LogP contribution is 2.31. The lowest BCUT2D eigenvalue weighted by molar-refractivity contribution is 0.0944. The van der Waals surface area contributed by atoms with Crippen LogP contribution in [0.25, 0.3) is 11.3 Å². The maximum absolute atomic E-state index is 12.6. The summed E-state index contributed by atoms with van der Waals surface area (Å²) in [6.45, 7) is 0.231. The molecule has 0 spiro atoms. The molecule has 0 aliphatic heterocycles. The van der Waals surface area contributed by atoms with Gasteiger partial charge < -0.3 is 25.0 Å². The van der Waals surface area contributed by atoms with Gasteiger partial charge in [-0.1, -0.05) is 6.07 Å². The van der Waals surface area contributed by atoms with Crippen LogP contribution in [0, 0.1) is 0 Å². The number of hydrogen-bond acceptors (Lipinski definition) is 7. The lowest BCUT2D eigenvalue weighted by Gasteiger charge is -2.12. The van der Waals surface area contributed by atoms with Crippen LogP contribution in [0.2, 0.25) is 0 Å². The highest BCUT2D eigenvalue weighted by Gasteiger charge is 2.18. The second-order valence-electron chi connectivity index (χ2n) is 5.55. The molecule has 27 heavy (non-hydrogen) atoms. The average Bonchev–Trinajstić information content (AvgIpc) is 3.16. The first-order chi connectivity index (χ1) is 13.0. The van der Waals surface area contributed by atoms with Crippen molar-refractivity contribution in [2.75, 3.05) is 14.2 Å². The van der Waals surface area contributed by atoms with E-state index < -0.39 is 0 Å². The molecular weight excluding hydrogens is 368 g/mol. The van der Waals surface area contributed by atoms with Crippen LogP contribution in [0.5, 0.6) is 23.0 Å². The maximum atomic E-state index is 12.6. The van der Waals surface area contributed by atoms with Gasteiger partial charge in [-0.3, -0.25) is 4.79 Å². The van der Waals surface area contributed by atoms with E-state index in [1.54, 1.807) is 24.3 Å². The predicted octanol–water partition coefficient (Wildman–Crippen LogP) is 3.17. The fourth-order valence-electron chi connectivity index (χ4n) is 2.53. The van der Waals surface area contributed by atoms with E-state index in [0.29, 0.717) is 33.3 Å². The number of benzene rings is 2. The first-order valence-electron chi connectivity index (χ1n) is 7.99.